The molecule has 558 valence electrons. The van der Waals surface area contributed by atoms with E-state index in [1.807, 2.05) is 0 Å². The summed E-state index contributed by atoms with van der Waals surface area (Å²) in [5.74, 6) is -1.28. The zero-order chi connectivity index (χ0) is 69.1. The van der Waals surface area contributed by atoms with Crippen molar-refractivity contribution in [1.82, 2.24) is 0 Å². The summed E-state index contributed by atoms with van der Waals surface area (Å²) < 4.78 is 68.3. The molecule has 94 heavy (non-hydrogen) atoms. The second kappa shape index (κ2) is 68.2. The van der Waals surface area contributed by atoms with E-state index in [0.717, 1.165) is 102 Å². The molecule has 0 aliphatic rings. The molecule has 0 saturated carbocycles. The SMILES string of the molecule is CCCCCCCCCCCCCCCCCCCC(=O)OC[C@H](COP(=O)(O)OC[C@@H](O)COP(=O)(O)OC[C@@H](COC(=O)CCCCCCC)OC(=O)CCCCCCCCCCCCCCCC)OC(=O)CCCCCCCCCCCCCCCCC(C)CC. The summed E-state index contributed by atoms with van der Waals surface area (Å²) in [7, 11) is -9.90. The summed E-state index contributed by atoms with van der Waals surface area (Å²) in [5.41, 5.74) is 0. The lowest BCUT2D eigenvalue weighted by atomic mass is 9.99. The molecule has 3 N–H and O–H groups in total. The summed E-state index contributed by atoms with van der Waals surface area (Å²) in [6, 6.07) is 0. The van der Waals surface area contributed by atoms with Gasteiger partial charge in [-0.25, -0.2) is 9.13 Å². The van der Waals surface area contributed by atoms with Crippen LogP contribution >= 0.6 is 15.6 Å². The summed E-state index contributed by atoms with van der Waals surface area (Å²) >= 11 is 0. The van der Waals surface area contributed by atoms with Crippen molar-refractivity contribution in [3.63, 3.8) is 0 Å². The number of carbonyl (C=O) groups is 4. The van der Waals surface area contributed by atoms with Crippen LogP contribution in [-0.2, 0) is 65.4 Å². The number of aliphatic hydroxyl groups excluding tert-OH is 1. The van der Waals surface area contributed by atoms with E-state index < -0.39 is 97.5 Å². The standard InChI is InChI=1S/C75H146O17P2/c1-6-10-13-16-18-20-22-24-26-27-28-33-36-40-44-49-54-59-73(78)86-65-71(92-75(80)61-56-51-46-42-38-34-30-29-31-35-39-43-48-52-57-68(5)9-4)67-90-94(83,84)88-63-69(76)62-87-93(81,82)89-66-70(64-85-72(77)58-53-47-15-12-8-3)91-74(79)60-55-50-45-41-37-32-25-23-21-19-17-14-11-7-2/h68-71,76H,6-67H2,1-5H3,(H,81,82)(H,83,84)/t68?,69-,70+,71+/m0/s1. The van der Waals surface area contributed by atoms with Crippen LogP contribution in [0.5, 0.6) is 0 Å². The largest absolute Gasteiger partial charge is 0.472 e. The Hall–Kier alpha value is -1.94. The molecule has 0 rings (SSSR count). The predicted molar refractivity (Wildman–Crippen MR) is 382 cm³/mol. The van der Waals surface area contributed by atoms with Gasteiger partial charge in [-0.15, -0.1) is 0 Å². The molecule has 3 unspecified atom stereocenters. The van der Waals surface area contributed by atoms with Crippen LogP contribution in [0.3, 0.4) is 0 Å². The van der Waals surface area contributed by atoms with Gasteiger partial charge in [-0.1, -0.05) is 343 Å². The average Bonchev–Trinajstić information content (AvgIpc) is 1.63. The number of hydrogen-bond acceptors (Lipinski definition) is 15. The highest BCUT2D eigenvalue weighted by Gasteiger charge is 2.30. The highest BCUT2D eigenvalue weighted by molar-refractivity contribution is 7.47. The van der Waals surface area contributed by atoms with E-state index in [9.17, 15) is 43.2 Å². The fraction of sp³-hybridized carbons (Fsp3) is 0.947. The highest BCUT2D eigenvalue weighted by atomic mass is 31.2. The number of aliphatic hydroxyl groups is 1. The topological polar surface area (TPSA) is 237 Å². The third-order valence-corrected chi connectivity index (χ3v) is 19.8. The molecule has 19 heteroatoms. The van der Waals surface area contributed by atoms with Crippen molar-refractivity contribution in [3.8, 4) is 0 Å². The zero-order valence-electron chi connectivity index (χ0n) is 61.1. The van der Waals surface area contributed by atoms with E-state index in [0.29, 0.717) is 25.7 Å². The van der Waals surface area contributed by atoms with Crippen LogP contribution in [0.2, 0.25) is 0 Å². The van der Waals surface area contributed by atoms with Gasteiger partial charge in [0.25, 0.3) is 0 Å². The lowest BCUT2D eigenvalue weighted by Gasteiger charge is -2.21. The van der Waals surface area contributed by atoms with Gasteiger partial charge in [-0.3, -0.25) is 37.3 Å². The Morgan fingerprint density at radius 1 is 0.298 bits per heavy atom. The van der Waals surface area contributed by atoms with Gasteiger partial charge in [-0.2, -0.15) is 0 Å². The molecule has 0 bridgehead atoms. The maximum Gasteiger partial charge on any atom is 0.472 e. The van der Waals surface area contributed by atoms with E-state index in [4.69, 9.17) is 37.0 Å². The molecule has 0 radical (unpaired) electrons. The van der Waals surface area contributed by atoms with Crippen molar-refractivity contribution >= 4 is 39.5 Å². The molecule has 17 nitrogen and oxygen atoms in total. The van der Waals surface area contributed by atoms with E-state index in [1.165, 1.54) is 212 Å². The number of hydrogen-bond donors (Lipinski definition) is 3. The Bertz CT molecular complexity index is 1810. The van der Waals surface area contributed by atoms with Crippen molar-refractivity contribution in [2.24, 2.45) is 5.92 Å². The monoisotopic (exact) mass is 1380 g/mol. The summed E-state index contributed by atoms with van der Waals surface area (Å²) in [5, 5.41) is 10.6. The van der Waals surface area contributed by atoms with Gasteiger partial charge in [-0.05, 0) is 31.6 Å². The average molecular weight is 1380 g/mol. The molecule has 0 spiro atoms. The van der Waals surface area contributed by atoms with E-state index in [2.05, 4.69) is 34.6 Å². The maximum absolute atomic E-state index is 13.1. The fourth-order valence-electron chi connectivity index (χ4n) is 11.5. The smallest absolute Gasteiger partial charge is 0.462 e. The molecule has 0 aliphatic heterocycles. The number of ether oxygens (including phenoxy) is 4. The second-order valence-electron chi connectivity index (χ2n) is 27.3. The normalized spacial score (nSPS) is 14.3. The summed E-state index contributed by atoms with van der Waals surface area (Å²) in [4.78, 5) is 72.5. The Kier molecular flexibility index (Phi) is 66.8. The van der Waals surface area contributed by atoms with Crippen LogP contribution in [0.25, 0.3) is 0 Å². The molecule has 6 atom stereocenters. The third kappa shape index (κ3) is 67.3. The van der Waals surface area contributed by atoms with E-state index >= 15 is 0 Å². The van der Waals surface area contributed by atoms with Crippen molar-refractivity contribution in [1.29, 1.82) is 0 Å². The van der Waals surface area contributed by atoms with Crippen molar-refractivity contribution in [2.45, 2.75) is 412 Å². The molecular weight excluding hydrogens is 1230 g/mol. The minimum Gasteiger partial charge on any atom is -0.462 e. The Balaban J connectivity index is 5.15. The van der Waals surface area contributed by atoms with Gasteiger partial charge in [0.05, 0.1) is 26.4 Å². The molecule has 0 heterocycles. The van der Waals surface area contributed by atoms with Crippen LogP contribution in [0.4, 0.5) is 0 Å². The molecule has 0 aromatic carbocycles. The van der Waals surface area contributed by atoms with E-state index in [-0.39, 0.29) is 25.7 Å². The third-order valence-electron chi connectivity index (χ3n) is 17.9. The summed E-state index contributed by atoms with van der Waals surface area (Å²) in [6.07, 6.45) is 57.2. The number of carbonyl (C=O) groups excluding carboxylic acids is 4. The molecule has 0 aromatic rings. The molecule has 0 aromatic heterocycles. The van der Waals surface area contributed by atoms with Gasteiger partial charge in [0.1, 0.15) is 19.3 Å². The van der Waals surface area contributed by atoms with Crippen LogP contribution in [-0.4, -0.2) is 96.7 Å². The number of rotatable bonds is 75. The first-order valence-electron chi connectivity index (χ1n) is 39.2. The van der Waals surface area contributed by atoms with Gasteiger partial charge in [0.15, 0.2) is 12.2 Å². The van der Waals surface area contributed by atoms with Crippen molar-refractivity contribution < 1.29 is 80.2 Å². The number of phosphoric acid groups is 2. The highest BCUT2D eigenvalue weighted by Crippen LogP contribution is 2.45. The first kappa shape index (κ1) is 92.1. The summed E-state index contributed by atoms with van der Waals surface area (Å²) in [6.45, 7) is 7.26. The quantitative estimate of drug-likeness (QED) is 0.0222. The zero-order valence-corrected chi connectivity index (χ0v) is 62.9. The second-order valence-corrected chi connectivity index (χ2v) is 30.2. The van der Waals surface area contributed by atoms with E-state index in [1.54, 1.807) is 0 Å². The Morgan fingerprint density at radius 3 is 0.755 bits per heavy atom. The Morgan fingerprint density at radius 2 is 0.511 bits per heavy atom. The van der Waals surface area contributed by atoms with Gasteiger partial charge >= 0.3 is 39.5 Å². The van der Waals surface area contributed by atoms with Gasteiger partial charge in [0, 0.05) is 25.7 Å². The first-order chi connectivity index (χ1) is 45.6. The lowest BCUT2D eigenvalue weighted by molar-refractivity contribution is -0.161. The molecule has 0 aliphatic carbocycles. The van der Waals surface area contributed by atoms with Crippen LogP contribution in [0.15, 0.2) is 0 Å². The first-order valence-corrected chi connectivity index (χ1v) is 42.2. The fourth-order valence-corrected chi connectivity index (χ4v) is 13.1. The van der Waals surface area contributed by atoms with Crippen LogP contribution in [0, 0.1) is 5.92 Å². The van der Waals surface area contributed by atoms with Gasteiger partial charge in [0.2, 0.25) is 0 Å². The minimum atomic E-state index is -4.95. The predicted octanol–water partition coefficient (Wildman–Crippen LogP) is 22.1. The number of unbranched alkanes of at least 4 members (excludes halogenated alkanes) is 46. The van der Waals surface area contributed by atoms with Crippen LogP contribution in [0.1, 0.15) is 394 Å². The maximum atomic E-state index is 13.1. The molecule has 0 fully saturated rings. The Labute approximate surface area is 575 Å². The number of esters is 4. The molecule has 0 saturated heterocycles. The molecule has 0 amide bonds. The molecular formula is C75H146O17P2. The van der Waals surface area contributed by atoms with Crippen molar-refractivity contribution in [2.75, 3.05) is 39.6 Å². The van der Waals surface area contributed by atoms with Gasteiger partial charge < -0.3 is 33.8 Å². The van der Waals surface area contributed by atoms with Crippen LogP contribution < -0.4 is 0 Å². The lowest BCUT2D eigenvalue weighted by Crippen LogP contribution is -2.30. The van der Waals surface area contributed by atoms with Crippen molar-refractivity contribution in [3.05, 3.63) is 0 Å². The number of phosphoric ester groups is 2. The minimum absolute atomic E-state index is 0.107.